The summed E-state index contributed by atoms with van der Waals surface area (Å²) in [5, 5.41) is 0. The summed E-state index contributed by atoms with van der Waals surface area (Å²) in [5.41, 5.74) is 0.806. The number of para-hydroxylation sites is 1. The first-order valence-corrected chi connectivity index (χ1v) is 9.57. The average Bonchev–Trinajstić information content (AvgIpc) is 2.90. The SMILES string of the molecule is COc1ccccc1/C=C1\SC(=S)N(CC(=O)N2CCN(C)CC2)C1=O. The summed E-state index contributed by atoms with van der Waals surface area (Å²) in [7, 11) is 3.62. The van der Waals surface area contributed by atoms with Gasteiger partial charge >= 0.3 is 0 Å². The minimum Gasteiger partial charge on any atom is -0.496 e. The largest absolute Gasteiger partial charge is 0.496 e. The predicted octanol–water partition coefficient (Wildman–Crippen LogP) is 1.67. The van der Waals surface area contributed by atoms with E-state index in [-0.39, 0.29) is 18.4 Å². The zero-order valence-corrected chi connectivity index (χ0v) is 16.4. The standard InChI is InChI=1S/C18H21N3O3S2/c1-19-7-9-20(10-8-19)16(22)12-21-17(23)15(26-18(21)25)11-13-5-3-4-6-14(13)24-2/h3-6,11H,7-10,12H2,1-2H3/b15-11-. The van der Waals surface area contributed by atoms with E-state index in [9.17, 15) is 9.59 Å². The minimum absolute atomic E-state index is 0.00234. The van der Waals surface area contributed by atoms with E-state index >= 15 is 0 Å². The first-order chi connectivity index (χ1) is 12.5. The highest BCUT2D eigenvalue weighted by atomic mass is 32.2. The van der Waals surface area contributed by atoms with Gasteiger partial charge in [0.2, 0.25) is 5.91 Å². The van der Waals surface area contributed by atoms with Gasteiger partial charge in [-0.25, -0.2) is 0 Å². The van der Waals surface area contributed by atoms with Crippen molar-refractivity contribution in [2.45, 2.75) is 0 Å². The molecule has 2 heterocycles. The van der Waals surface area contributed by atoms with E-state index in [4.69, 9.17) is 17.0 Å². The van der Waals surface area contributed by atoms with Crippen molar-refractivity contribution in [3.05, 3.63) is 34.7 Å². The molecule has 0 aliphatic carbocycles. The molecule has 0 saturated carbocycles. The molecule has 2 saturated heterocycles. The Balaban J connectivity index is 1.71. The lowest BCUT2D eigenvalue weighted by Crippen LogP contribution is -2.50. The number of nitrogens with zero attached hydrogens (tertiary/aromatic N) is 3. The fourth-order valence-electron chi connectivity index (χ4n) is 2.85. The highest BCUT2D eigenvalue weighted by Gasteiger charge is 2.34. The number of hydrogen-bond acceptors (Lipinski definition) is 6. The topological polar surface area (TPSA) is 53.1 Å². The Labute approximate surface area is 162 Å². The lowest BCUT2D eigenvalue weighted by atomic mass is 10.2. The van der Waals surface area contributed by atoms with Gasteiger partial charge in [0.25, 0.3) is 5.91 Å². The Morgan fingerprint density at radius 2 is 1.96 bits per heavy atom. The second-order valence-corrected chi connectivity index (χ2v) is 7.87. The van der Waals surface area contributed by atoms with Crippen molar-refractivity contribution in [1.82, 2.24) is 14.7 Å². The van der Waals surface area contributed by atoms with Crippen molar-refractivity contribution in [3.63, 3.8) is 0 Å². The van der Waals surface area contributed by atoms with Gasteiger partial charge < -0.3 is 14.5 Å². The number of benzene rings is 1. The number of carbonyl (C=O) groups is 2. The number of carbonyl (C=O) groups excluding carboxylic acids is 2. The van der Waals surface area contributed by atoms with Crippen molar-refractivity contribution >= 4 is 46.2 Å². The minimum atomic E-state index is -0.228. The Bertz CT molecular complexity index is 758. The lowest BCUT2D eigenvalue weighted by molar-refractivity contribution is -0.136. The van der Waals surface area contributed by atoms with Crippen LogP contribution in [-0.4, -0.2) is 77.7 Å². The number of rotatable bonds is 4. The van der Waals surface area contributed by atoms with Gasteiger partial charge in [-0.05, 0) is 19.2 Å². The van der Waals surface area contributed by atoms with Crippen molar-refractivity contribution in [2.75, 3.05) is 46.9 Å². The van der Waals surface area contributed by atoms with Gasteiger partial charge in [-0.3, -0.25) is 14.5 Å². The molecular formula is C18H21N3O3S2. The first-order valence-electron chi connectivity index (χ1n) is 8.34. The van der Waals surface area contributed by atoms with Gasteiger partial charge in [-0.2, -0.15) is 0 Å². The van der Waals surface area contributed by atoms with E-state index in [1.54, 1.807) is 18.1 Å². The highest BCUT2D eigenvalue weighted by molar-refractivity contribution is 8.26. The smallest absolute Gasteiger partial charge is 0.266 e. The third kappa shape index (κ3) is 4.08. The first kappa shape index (κ1) is 18.9. The maximum atomic E-state index is 12.7. The van der Waals surface area contributed by atoms with E-state index in [1.807, 2.05) is 31.3 Å². The number of ether oxygens (including phenoxy) is 1. The molecule has 6 nitrogen and oxygen atoms in total. The molecule has 0 aromatic heterocycles. The quantitative estimate of drug-likeness (QED) is 0.575. The van der Waals surface area contributed by atoms with Gasteiger partial charge in [-0.15, -0.1) is 0 Å². The second-order valence-electron chi connectivity index (χ2n) is 6.19. The molecule has 0 atom stereocenters. The molecule has 0 bridgehead atoms. The summed E-state index contributed by atoms with van der Waals surface area (Å²) >= 11 is 6.55. The maximum absolute atomic E-state index is 12.7. The average molecular weight is 392 g/mol. The molecule has 2 aliphatic heterocycles. The van der Waals surface area contributed by atoms with Gasteiger partial charge in [0, 0.05) is 31.7 Å². The Morgan fingerprint density at radius 1 is 1.27 bits per heavy atom. The molecule has 0 unspecified atom stereocenters. The van der Waals surface area contributed by atoms with Crippen molar-refractivity contribution in [2.24, 2.45) is 0 Å². The summed E-state index contributed by atoms with van der Waals surface area (Å²) in [6.45, 7) is 3.05. The van der Waals surface area contributed by atoms with Gasteiger partial charge in [-0.1, -0.05) is 42.2 Å². The van der Waals surface area contributed by atoms with Crippen LogP contribution in [0.25, 0.3) is 6.08 Å². The molecule has 2 fully saturated rings. The zero-order valence-electron chi connectivity index (χ0n) is 14.8. The molecule has 26 heavy (non-hydrogen) atoms. The molecule has 1 aromatic rings. The summed E-state index contributed by atoms with van der Waals surface area (Å²) in [6, 6.07) is 7.46. The van der Waals surface area contributed by atoms with Crippen molar-refractivity contribution in [3.8, 4) is 5.75 Å². The number of piperazine rings is 1. The molecule has 138 valence electrons. The third-order valence-corrected chi connectivity index (χ3v) is 5.83. The van der Waals surface area contributed by atoms with E-state index in [2.05, 4.69) is 4.90 Å². The van der Waals surface area contributed by atoms with Crippen LogP contribution in [0.5, 0.6) is 5.75 Å². The zero-order chi connectivity index (χ0) is 18.7. The summed E-state index contributed by atoms with van der Waals surface area (Å²) < 4.78 is 5.74. The van der Waals surface area contributed by atoms with Crippen molar-refractivity contribution < 1.29 is 14.3 Å². The molecule has 1 aromatic carbocycles. The molecule has 3 rings (SSSR count). The maximum Gasteiger partial charge on any atom is 0.266 e. The molecular weight excluding hydrogens is 370 g/mol. The van der Waals surface area contributed by atoms with Crippen molar-refractivity contribution in [1.29, 1.82) is 0 Å². The Hall–Kier alpha value is -1.90. The third-order valence-electron chi connectivity index (χ3n) is 4.45. The van der Waals surface area contributed by atoms with Crippen LogP contribution in [0.1, 0.15) is 5.56 Å². The number of amides is 2. The van der Waals surface area contributed by atoms with Crippen LogP contribution in [0.4, 0.5) is 0 Å². The highest BCUT2D eigenvalue weighted by Crippen LogP contribution is 2.34. The molecule has 2 aliphatic rings. The monoisotopic (exact) mass is 391 g/mol. The number of hydrogen-bond donors (Lipinski definition) is 0. The number of methoxy groups -OCH3 is 1. The Morgan fingerprint density at radius 3 is 2.65 bits per heavy atom. The molecule has 0 N–H and O–H groups in total. The summed E-state index contributed by atoms with van der Waals surface area (Å²) in [4.78, 5) is 31.1. The Kier molecular flexibility index (Phi) is 5.95. The number of likely N-dealkylation sites (N-methyl/N-ethyl adjacent to an activating group) is 1. The van der Waals surface area contributed by atoms with Crippen LogP contribution in [0.2, 0.25) is 0 Å². The fraction of sp³-hybridized carbons (Fsp3) is 0.389. The van der Waals surface area contributed by atoms with E-state index in [0.717, 1.165) is 18.7 Å². The summed E-state index contributed by atoms with van der Waals surface area (Å²) in [5.74, 6) is 0.396. The van der Waals surface area contributed by atoms with E-state index in [0.29, 0.717) is 28.1 Å². The van der Waals surface area contributed by atoms with E-state index < -0.39 is 0 Å². The fourth-order valence-corrected chi connectivity index (χ4v) is 4.10. The van der Waals surface area contributed by atoms with Crippen LogP contribution >= 0.6 is 24.0 Å². The number of thiocarbonyl (C=S) groups is 1. The van der Waals surface area contributed by atoms with Gasteiger partial charge in [0.1, 0.15) is 16.6 Å². The van der Waals surface area contributed by atoms with Gasteiger partial charge in [0.15, 0.2) is 0 Å². The second kappa shape index (κ2) is 8.20. The summed E-state index contributed by atoms with van der Waals surface area (Å²) in [6.07, 6.45) is 1.76. The van der Waals surface area contributed by atoms with Crippen LogP contribution in [0.15, 0.2) is 29.2 Å². The number of thioether (sulfide) groups is 1. The van der Waals surface area contributed by atoms with Crippen LogP contribution < -0.4 is 4.74 Å². The molecule has 0 radical (unpaired) electrons. The normalized spacial score (nSPS) is 20.2. The van der Waals surface area contributed by atoms with E-state index in [1.165, 1.54) is 16.7 Å². The molecule has 2 amide bonds. The van der Waals surface area contributed by atoms with Crippen LogP contribution in [0, 0.1) is 0 Å². The predicted molar refractivity (Wildman–Crippen MR) is 107 cm³/mol. The van der Waals surface area contributed by atoms with Crippen LogP contribution in [-0.2, 0) is 9.59 Å². The molecule has 8 heteroatoms. The van der Waals surface area contributed by atoms with Crippen LogP contribution in [0.3, 0.4) is 0 Å². The van der Waals surface area contributed by atoms with Gasteiger partial charge in [0.05, 0.1) is 12.0 Å². The molecule has 0 spiro atoms. The lowest BCUT2D eigenvalue weighted by Gasteiger charge is -2.33.